The molecule has 0 radical (unpaired) electrons. The predicted octanol–water partition coefficient (Wildman–Crippen LogP) is 0.142. The predicted molar refractivity (Wildman–Crippen MR) is 53.2 cm³/mol. The van der Waals surface area contributed by atoms with Crippen molar-refractivity contribution in [2.75, 3.05) is 13.9 Å². The van der Waals surface area contributed by atoms with Gasteiger partial charge in [0, 0.05) is 0 Å². The summed E-state index contributed by atoms with van der Waals surface area (Å²) in [6.45, 7) is -0.675. The van der Waals surface area contributed by atoms with Crippen LogP contribution in [0.2, 0.25) is 0 Å². The molecule has 1 rings (SSSR count). The van der Waals surface area contributed by atoms with E-state index < -0.39 is 12.8 Å². The first kappa shape index (κ1) is 12.1. The Balaban J connectivity index is 3.12. The largest absolute Gasteiger partial charge is 0.508 e. The summed E-state index contributed by atoms with van der Waals surface area (Å²) in [4.78, 5) is 11.1. The summed E-state index contributed by atoms with van der Waals surface area (Å²) in [6, 6.07) is 2.42. The fourth-order valence-electron chi connectivity index (χ4n) is 1.22. The van der Waals surface area contributed by atoms with E-state index in [1.165, 1.54) is 19.2 Å². The van der Waals surface area contributed by atoms with Gasteiger partial charge in [-0.1, -0.05) is 0 Å². The molecule has 0 heterocycles. The average molecular weight is 228 g/mol. The normalized spacial score (nSPS) is 9.88. The van der Waals surface area contributed by atoms with Crippen LogP contribution < -0.4 is 4.74 Å². The van der Waals surface area contributed by atoms with Crippen LogP contribution in [0.1, 0.15) is 5.56 Å². The standard InChI is InChI=1S/C10H12O6/c1-15-9(14)4-6-7(12)2-3-8(13)10(6)16-5-11/h2-3,11-13H,4-5H2,1H3. The van der Waals surface area contributed by atoms with Crippen LogP contribution in [0.4, 0.5) is 0 Å². The van der Waals surface area contributed by atoms with Crippen LogP contribution in [-0.2, 0) is 16.0 Å². The van der Waals surface area contributed by atoms with Gasteiger partial charge in [0.1, 0.15) is 5.75 Å². The molecule has 0 aromatic heterocycles. The van der Waals surface area contributed by atoms with Crippen molar-refractivity contribution < 1.29 is 29.6 Å². The van der Waals surface area contributed by atoms with Gasteiger partial charge in [0.05, 0.1) is 19.1 Å². The second-order valence-electron chi connectivity index (χ2n) is 2.94. The lowest BCUT2D eigenvalue weighted by Gasteiger charge is -2.12. The smallest absolute Gasteiger partial charge is 0.310 e. The number of rotatable bonds is 4. The van der Waals surface area contributed by atoms with Crippen LogP contribution in [0, 0.1) is 0 Å². The minimum Gasteiger partial charge on any atom is -0.508 e. The van der Waals surface area contributed by atoms with Crippen molar-refractivity contribution >= 4 is 5.97 Å². The van der Waals surface area contributed by atoms with Gasteiger partial charge in [0.2, 0.25) is 0 Å². The van der Waals surface area contributed by atoms with Gasteiger partial charge in [0.15, 0.2) is 18.3 Å². The Morgan fingerprint density at radius 2 is 1.94 bits per heavy atom. The SMILES string of the molecule is COC(=O)Cc1c(O)ccc(O)c1OCO. The van der Waals surface area contributed by atoms with E-state index in [1.54, 1.807) is 0 Å². The van der Waals surface area contributed by atoms with Gasteiger partial charge in [-0.05, 0) is 12.1 Å². The average Bonchev–Trinajstić information content (AvgIpc) is 2.28. The number of aliphatic hydroxyl groups is 1. The van der Waals surface area contributed by atoms with Crippen molar-refractivity contribution in [2.24, 2.45) is 0 Å². The van der Waals surface area contributed by atoms with Gasteiger partial charge in [-0.15, -0.1) is 0 Å². The Labute approximate surface area is 91.7 Å². The molecular weight excluding hydrogens is 216 g/mol. The van der Waals surface area contributed by atoms with Crippen LogP contribution in [0.15, 0.2) is 12.1 Å². The van der Waals surface area contributed by atoms with Crippen molar-refractivity contribution in [1.82, 2.24) is 0 Å². The molecule has 16 heavy (non-hydrogen) atoms. The molecule has 0 spiro atoms. The van der Waals surface area contributed by atoms with Crippen molar-refractivity contribution in [3.05, 3.63) is 17.7 Å². The van der Waals surface area contributed by atoms with Crippen molar-refractivity contribution in [3.63, 3.8) is 0 Å². The molecule has 0 amide bonds. The third kappa shape index (κ3) is 2.54. The lowest BCUT2D eigenvalue weighted by atomic mass is 10.1. The Morgan fingerprint density at radius 1 is 1.31 bits per heavy atom. The Bertz CT molecular complexity index is 387. The summed E-state index contributed by atoms with van der Waals surface area (Å²) in [5.74, 6) is -1.21. The molecule has 0 saturated carbocycles. The van der Waals surface area contributed by atoms with Gasteiger partial charge in [0.25, 0.3) is 0 Å². The molecule has 0 aliphatic rings. The minimum atomic E-state index is -0.675. The molecule has 0 bridgehead atoms. The topological polar surface area (TPSA) is 96.2 Å². The van der Waals surface area contributed by atoms with Crippen molar-refractivity contribution in [1.29, 1.82) is 0 Å². The molecule has 6 nitrogen and oxygen atoms in total. The summed E-state index contributed by atoms with van der Waals surface area (Å²) in [5.41, 5.74) is 0.0703. The summed E-state index contributed by atoms with van der Waals surface area (Å²) < 4.78 is 9.16. The lowest BCUT2D eigenvalue weighted by Crippen LogP contribution is -2.07. The maximum absolute atomic E-state index is 11.1. The lowest BCUT2D eigenvalue weighted by molar-refractivity contribution is -0.139. The highest BCUT2D eigenvalue weighted by molar-refractivity contribution is 5.75. The minimum absolute atomic E-state index is 0.0703. The van der Waals surface area contributed by atoms with Crippen molar-refractivity contribution in [2.45, 2.75) is 6.42 Å². The van der Waals surface area contributed by atoms with Gasteiger partial charge in [-0.25, -0.2) is 0 Å². The van der Waals surface area contributed by atoms with Gasteiger partial charge >= 0.3 is 5.97 Å². The Morgan fingerprint density at radius 3 is 2.50 bits per heavy atom. The number of hydrogen-bond acceptors (Lipinski definition) is 6. The molecule has 0 fully saturated rings. The van der Waals surface area contributed by atoms with E-state index >= 15 is 0 Å². The fraction of sp³-hybridized carbons (Fsp3) is 0.300. The molecule has 1 aromatic rings. The van der Waals surface area contributed by atoms with E-state index in [0.717, 1.165) is 0 Å². The maximum Gasteiger partial charge on any atom is 0.310 e. The number of methoxy groups -OCH3 is 1. The molecular formula is C10H12O6. The summed E-state index contributed by atoms with van der Waals surface area (Å²) in [7, 11) is 1.20. The highest BCUT2D eigenvalue weighted by Crippen LogP contribution is 2.36. The van der Waals surface area contributed by atoms with Crippen LogP contribution in [0.3, 0.4) is 0 Å². The first-order valence-corrected chi connectivity index (χ1v) is 4.44. The second-order valence-corrected chi connectivity index (χ2v) is 2.94. The van der Waals surface area contributed by atoms with Crippen molar-refractivity contribution in [3.8, 4) is 17.2 Å². The zero-order valence-electron chi connectivity index (χ0n) is 8.64. The number of phenols is 2. The van der Waals surface area contributed by atoms with Crippen LogP contribution in [-0.4, -0.2) is 35.2 Å². The first-order valence-electron chi connectivity index (χ1n) is 4.44. The number of aliphatic hydroxyl groups excluding tert-OH is 1. The Kier molecular flexibility index (Phi) is 3.96. The number of benzene rings is 1. The zero-order chi connectivity index (χ0) is 12.1. The number of esters is 1. The van der Waals surface area contributed by atoms with E-state index in [-0.39, 0.29) is 29.2 Å². The van der Waals surface area contributed by atoms with Gasteiger partial charge < -0.3 is 24.8 Å². The number of aromatic hydroxyl groups is 2. The van der Waals surface area contributed by atoms with E-state index in [2.05, 4.69) is 4.74 Å². The van der Waals surface area contributed by atoms with E-state index in [4.69, 9.17) is 9.84 Å². The molecule has 0 aliphatic carbocycles. The van der Waals surface area contributed by atoms with E-state index in [1.807, 2.05) is 0 Å². The highest BCUT2D eigenvalue weighted by atomic mass is 16.6. The van der Waals surface area contributed by atoms with E-state index in [9.17, 15) is 15.0 Å². The van der Waals surface area contributed by atoms with Crippen LogP contribution in [0.5, 0.6) is 17.2 Å². The third-order valence-corrected chi connectivity index (χ3v) is 1.97. The summed E-state index contributed by atoms with van der Waals surface area (Å²) in [5, 5.41) is 27.6. The van der Waals surface area contributed by atoms with Crippen LogP contribution in [0.25, 0.3) is 0 Å². The Hall–Kier alpha value is -1.95. The zero-order valence-corrected chi connectivity index (χ0v) is 8.64. The summed E-state index contributed by atoms with van der Waals surface area (Å²) in [6.07, 6.45) is -0.258. The number of ether oxygens (including phenoxy) is 2. The van der Waals surface area contributed by atoms with Gasteiger partial charge in [-0.2, -0.15) is 0 Å². The number of hydrogen-bond donors (Lipinski definition) is 3. The molecule has 1 aromatic carbocycles. The summed E-state index contributed by atoms with van der Waals surface area (Å²) >= 11 is 0. The second kappa shape index (κ2) is 5.22. The molecule has 0 unspecified atom stereocenters. The molecule has 6 heteroatoms. The molecule has 0 aliphatic heterocycles. The van der Waals surface area contributed by atoms with Crippen LogP contribution >= 0.6 is 0 Å². The maximum atomic E-state index is 11.1. The monoisotopic (exact) mass is 228 g/mol. The highest BCUT2D eigenvalue weighted by Gasteiger charge is 2.17. The number of carbonyl (C=O) groups is 1. The fourth-order valence-corrected chi connectivity index (χ4v) is 1.22. The number of carbonyl (C=O) groups excluding carboxylic acids is 1. The molecule has 3 N–H and O–H groups in total. The third-order valence-electron chi connectivity index (χ3n) is 1.97. The number of phenolic OH excluding ortho intramolecular Hbond substituents is 2. The molecule has 0 saturated heterocycles. The first-order chi connectivity index (χ1) is 7.60. The van der Waals surface area contributed by atoms with Gasteiger partial charge in [-0.3, -0.25) is 4.79 Å². The quantitative estimate of drug-likeness (QED) is 0.385. The van der Waals surface area contributed by atoms with E-state index in [0.29, 0.717) is 0 Å². The molecule has 0 atom stereocenters. The molecule has 88 valence electrons.